The summed E-state index contributed by atoms with van der Waals surface area (Å²) in [7, 11) is -4.75. The highest BCUT2D eigenvalue weighted by atomic mass is 32.2. The molecule has 36 heavy (non-hydrogen) atoms. The molecular weight excluding hydrogens is 500 g/mol. The molecular formula is C20H20N6O9S. The van der Waals surface area contributed by atoms with Crippen LogP contribution < -0.4 is 10.6 Å². The molecule has 2 saturated heterocycles. The summed E-state index contributed by atoms with van der Waals surface area (Å²) in [6, 6.07) is 4.13. The largest absolute Gasteiger partial charge is 0.508 e. The number of nitrogens with one attached hydrogen (secondary N) is 2. The van der Waals surface area contributed by atoms with Gasteiger partial charge >= 0.3 is 22.4 Å². The van der Waals surface area contributed by atoms with E-state index in [2.05, 4.69) is 15.7 Å². The highest BCUT2D eigenvalue weighted by Gasteiger charge is 2.45. The molecule has 15 nitrogen and oxygen atoms in total. The van der Waals surface area contributed by atoms with Gasteiger partial charge in [-0.25, -0.2) is 23.8 Å². The molecule has 3 heterocycles. The predicted molar refractivity (Wildman–Crippen MR) is 120 cm³/mol. The number of imide groups is 1. The van der Waals surface area contributed by atoms with Crippen molar-refractivity contribution in [1.82, 2.24) is 24.8 Å². The Morgan fingerprint density at radius 1 is 1.17 bits per heavy atom. The highest BCUT2D eigenvalue weighted by molar-refractivity contribution is 7.84. The van der Waals surface area contributed by atoms with Gasteiger partial charge in [0.25, 0.3) is 5.91 Å². The second kappa shape index (κ2) is 9.67. The number of furan rings is 1. The molecule has 0 radical (unpaired) electrons. The molecule has 190 valence electrons. The SMILES string of the molecule is O=C(NC1CN(S(=O)(=O)O)C1=O)C(NC(=O)N1CCN(N=Cc2ccco2)C1=O)c1ccc(O)cc1. The Morgan fingerprint density at radius 2 is 1.89 bits per heavy atom. The Bertz CT molecular complexity index is 1310. The third kappa shape index (κ3) is 5.13. The lowest BCUT2D eigenvalue weighted by Crippen LogP contribution is -2.66. The predicted octanol–water partition coefficient (Wildman–Crippen LogP) is -0.363. The molecule has 0 saturated carbocycles. The maximum Gasteiger partial charge on any atom is 0.362 e. The van der Waals surface area contributed by atoms with Crippen molar-refractivity contribution >= 4 is 40.4 Å². The lowest BCUT2D eigenvalue weighted by Gasteiger charge is -2.36. The van der Waals surface area contributed by atoms with E-state index in [9.17, 15) is 32.7 Å². The Labute approximate surface area is 203 Å². The minimum absolute atomic E-state index is 0.0332. The first-order valence-corrected chi connectivity index (χ1v) is 11.8. The summed E-state index contributed by atoms with van der Waals surface area (Å²) in [5.41, 5.74) is 0.205. The maximum absolute atomic E-state index is 12.9. The lowest BCUT2D eigenvalue weighted by molar-refractivity contribution is -0.141. The number of benzene rings is 1. The van der Waals surface area contributed by atoms with Gasteiger partial charge in [-0.3, -0.25) is 14.1 Å². The average molecular weight is 520 g/mol. The average Bonchev–Trinajstić information content (AvgIpc) is 3.47. The number of phenols is 1. The number of phenolic OH excluding ortho intramolecular Hbond substituents is 1. The number of nitrogens with zero attached hydrogens (tertiary/aromatic N) is 4. The van der Waals surface area contributed by atoms with Gasteiger partial charge in [-0.1, -0.05) is 12.1 Å². The molecule has 2 aliphatic heterocycles. The molecule has 1 aromatic carbocycles. The van der Waals surface area contributed by atoms with Crippen LogP contribution in [0.1, 0.15) is 17.4 Å². The van der Waals surface area contributed by atoms with Crippen molar-refractivity contribution in [3.05, 3.63) is 54.0 Å². The summed E-state index contributed by atoms with van der Waals surface area (Å²) in [4.78, 5) is 51.3. The summed E-state index contributed by atoms with van der Waals surface area (Å²) in [6.07, 6.45) is 2.73. The topological polar surface area (TPSA) is 202 Å². The van der Waals surface area contributed by atoms with Gasteiger partial charge in [0, 0.05) is 0 Å². The maximum atomic E-state index is 12.9. The first kappa shape index (κ1) is 24.7. The smallest absolute Gasteiger partial charge is 0.362 e. The van der Waals surface area contributed by atoms with E-state index in [1.165, 1.54) is 36.7 Å². The number of amides is 6. The van der Waals surface area contributed by atoms with Crippen molar-refractivity contribution in [2.75, 3.05) is 19.6 Å². The van der Waals surface area contributed by atoms with Crippen LogP contribution in [0.5, 0.6) is 5.75 Å². The van der Waals surface area contributed by atoms with E-state index in [0.717, 1.165) is 9.91 Å². The minimum Gasteiger partial charge on any atom is -0.508 e. The Hall–Kier alpha value is -4.44. The number of hydrogen-bond acceptors (Lipinski definition) is 9. The fraction of sp³-hybridized carbons (Fsp3) is 0.250. The van der Waals surface area contributed by atoms with Crippen molar-refractivity contribution in [2.24, 2.45) is 5.10 Å². The van der Waals surface area contributed by atoms with Gasteiger partial charge in [0.05, 0.1) is 32.1 Å². The fourth-order valence-electron chi connectivity index (χ4n) is 3.45. The van der Waals surface area contributed by atoms with Gasteiger partial charge in [0.1, 0.15) is 23.6 Å². The van der Waals surface area contributed by atoms with Gasteiger partial charge in [0.15, 0.2) is 0 Å². The summed E-state index contributed by atoms with van der Waals surface area (Å²) < 4.78 is 36.5. The zero-order chi connectivity index (χ0) is 26.0. The zero-order valence-electron chi connectivity index (χ0n) is 18.3. The molecule has 6 amide bonds. The van der Waals surface area contributed by atoms with Crippen LogP contribution in [-0.2, 0) is 19.9 Å². The minimum atomic E-state index is -4.75. The molecule has 1 aromatic heterocycles. The van der Waals surface area contributed by atoms with E-state index in [1.54, 1.807) is 12.1 Å². The number of β-lactam (4-membered cyclic amide) rings is 1. The molecule has 4 N–H and O–H groups in total. The normalized spacial score (nSPS) is 18.9. The molecule has 2 unspecified atom stereocenters. The number of rotatable bonds is 7. The van der Waals surface area contributed by atoms with Crippen LogP contribution >= 0.6 is 0 Å². The standard InChI is InChI=1S/C20H20N6O9S/c27-13-5-3-12(4-6-13)16(17(28)22-15-11-26(18(15)29)36(32,33)34)23-19(30)24-7-8-25(20(24)31)21-10-14-2-1-9-35-14/h1-6,9-10,15-16,27H,7-8,11H2,(H,22,28)(H,23,30)(H,32,33,34). The summed E-state index contributed by atoms with van der Waals surface area (Å²) in [5, 5.41) is 19.3. The van der Waals surface area contributed by atoms with Crippen molar-refractivity contribution in [1.29, 1.82) is 0 Å². The number of hydrazone groups is 1. The lowest BCUT2D eigenvalue weighted by atomic mass is 10.0. The Balaban J connectivity index is 1.45. The summed E-state index contributed by atoms with van der Waals surface area (Å²) in [5.74, 6) is -1.65. The third-order valence-corrected chi connectivity index (χ3v) is 6.23. The first-order valence-electron chi connectivity index (χ1n) is 10.4. The van der Waals surface area contributed by atoms with Crippen LogP contribution in [0.2, 0.25) is 0 Å². The van der Waals surface area contributed by atoms with Crippen molar-refractivity contribution < 1.29 is 41.7 Å². The van der Waals surface area contributed by atoms with E-state index in [-0.39, 0.29) is 28.7 Å². The molecule has 2 atom stereocenters. The highest BCUT2D eigenvalue weighted by Crippen LogP contribution is 2.21. The van der Waals surface area contributed by atoms with Gasteiger partial charge in [-0.2, -0.15) is 13.5 Å². The van der Waals surface area contributed by atoms with Crippen LogP contribution in [-0.4, -0.2) is 88.1 Å². The number of carbonyl (C=O) groups is 4. The van der Waals surface area contributed by atoms with E-state index < -0.39 is 52.8 Å². The van der Waals surface area contributed by atoms with E-state index >= 15 is 0 Å². The first-order chi connectivity index (χ1) is 17.0. The number of carbonyl (C=O) groups excluding carboxylic acids is 4. The van der Waals surface area contributed by atoms with Gasteiger partial charge in [-0.15, -0.1) is 0 Å². The van der Waals surface area contributed by atoms with Crippen molar-refractivity contribution in [3.8, 4) is 5.75 Å². The molecule has 2 aromatic rings. The Morgan fingerprint density at radius 3 is 2.50 bits per heavy atom. The van der Waals surface area contributed by atoms with Crippen LogP contribution in [0.15, 0.2) is 52.2 Å². The van der Waals surface area contributed by atoms with Crippen LogP contribution in [0.25, 0.3) is 0 Å². The van der Waals surface area contributed by atoms with E-state index in [1.807, 2.05) is 0 Å². The summed E-state index contributed by atoms with van der Waals surface area (Å²) >= 11 is 0. The van der Waals surface area contributed by atoms with Crippen LogP contribution in [0.3, 0.4) is 0 Å². The van der Waals surface area contributed by atoms with E-state index in [4.69, 9.17) is 8.97 Å². The van der Waals surface area contributed by atoms with Crippen molar-refractivity contribution in [2.45, 2.75) is 12.1 Å². The Kier molecular flexibility index (Phi) is 6.63. The van der Waals surface area contributed by atoms with Crippen LogP contribution in [0.4, 0.5) is 9.59 Å². The second-order valence-electron chi connectivity index (χ2n) is 7.70. The van der Waals surface area contributed by atoms with E-state index in [0.29, 0.717) is 5.76 Å². The molecule has 0 spiro atoms. The third-order valence-electron chi connectivity index (χ3n) is 5.34. The van der Waals surface area contributed by atoms with Crippen LogP contribution in [0, 0.1) is 0 Å². The monoisotopic (exact) mass is 520 g/mol. The fourth-order valence-corrected chi connectivity index (χ4v) is 4.14. The molecule has 4 rings (SSSR count). The van der Waals surface area contributed by atoms with Crippen molar-refractivity contribution in [3.63, 3.8) is 0 Å². The van der Waals surface area contributed by atoms with Gasteiger partial charge < -0.3 is 20.2 Å². The number of aromatic hydroxyl groups is 1. The molecule has 0 aliphatic carbocycles. The molecule has 2 aliphatic rings. The number of urea groups is 2. The molecule has 2 fully saturated rings. The zero-order valence-corrected chi connectivity index (χ0v) is 19.2. The molecule has 0 bridgehead atoms. The summed E-state index contributed by atoms with van der Waals surface area (Å²) in [6.45, 7) is -0.441. The second-order valence-corrected chi connectivity index (χ2v) is 9.04. The van der Waals surface area contributed by atoms with Gasteiger partial charge in [0.2, 0.25) is 5.91 Å². The van der Waals surface area contributed by atoms with Gasteiger partial charge in [-0.05, 0) is 29.8 Å². The number of hydrogen-bond donors (Lipinski definition) is 4. The molecule has 16 heteroatoms. The quantitative estimate of drug-likeness (QED) is 0.213.